The number of thiophene rings is 1. The maximum Gasteiger partial charge on any atom is 0.251 e. The molecule has 1 aliphatic rings. The van der Waals surface area contributed by atoms with E-state index in [1.54, 1.807) is 11.3 Å². The molecule has 140 valence electrons. The van der Waals surface area contributed by atoms with Gasteiger partial charge in [0.1, 0.15) is 5.00 Å². The first kappa shape index (κ1) is 20.0. The summed E-state index contributed by atoms with van der Waals surface area (Å²) >= 11 is 1.55. The molecule has 4 nitrogen and oxygen atoms in total. The van der Waals surface area contributed by atoms with Crippen LogP contribution in [0.3, 0.4) is 0 Å². The van der Waals surface area contributed by atoms with Crippen molar-refractivity contribution in [3.63, 3.8) is 0 Å². The molecule has 0 unspecified atom stereocenters. The molecule has 0 fully saturated rings. The van der Waals surface area contributed by atoms with Crippen LogP contribution in [0.1, 0.15) is 81.1 Å². The van der Waals surface area contributed by atoms with Crippen LogP contribution in [0.15, 0.2) is 0 Å². The van der Waals surface area contributed by atoms with Crippen LogP contribution in [0.25, 0.3) is 0 Å². The summed E-state index contributed by atoms with van der Waals surface area (Å²) in [5.41, 5.74) is 7.57. The second-order valence-electron chi connectivity index (χ2n) is 7.86. The van der Waals surface area contributed by atoms with Gasteiger partial charge in [-0.15, -0.1) is 11.3 Å². The fraction of sp³-hybridized carbons (Fsp3) is 0.700. The molecular weight excluding hydrogens is 332 g/mol. The van der Waals surface area contributed by atoms with Gasteiger partial charge in [-0.1, -0.05) is 41.0 Å². The number of carbonyl (C=O) groups excluding carboxylic acids is 2. The number of carbonyl (C=O) groups is 2. The number of primary amides is 1. The van der Waals surface area contributed by atoms with Crippen molar-refractivity contribution in [2.75, 3.05) is 5.32 Å². The topological polar surface area (TPSA) is 72.2 Å². The van der Waals surface area contributed by atoms with Gasteiger partial charge in [-0.2, -0.15) is 0 Å². The third kappa shape index (κ3) is 4.08. The first-order chi connectivity index (χ1) is 11.7. The van der Waals surface area contributed by atoms with Crippen molar-refractivity contribution in [3.8, 4) is 0 Å². The highest BCUT2D eigenvalue weighted by molar-refractivity contribution is 7.17. The summed E-state index contributed by atoms with van der Waals surface area (Å²) in [6.45, 7) is 10.9. The molecule has 1 atom stereocenters. The lowest BCUT2D eigenvalue weighted by Crippen LogP contribution is -2.29. The Kier molecular flexibility index (Phi) is 6.30. The monoisotopic (exact) mass is 364 g/mol. The van der Waals surface area contributed by atoms with Crippen LogP contribution < -0.4 is 11.1 Å². The third-order valence-electron chi connectivity index (χ3n) is 6.12. The molecule has 3 N–H and O–H groups in total. The molecule has 0 radical (unpaired) electrons. The minimum Gasteiger partial charge on any atom is -0.365 e. The first-order valence-corrected chi connectivity index (χ1v) is 10.3. The summed E-state index contributed by atoms with van der Waals surface area (Å²) in [6.07, 6.45) is 5.66. The lowest BCUT2D eigenvalue weighted by Gasteiger charge is -2.36. The van der Waals surface area contributed by atoms with E-state index in [1.807, 2.05) is 13.8 Å². The maximum atomic E-state index is 12.5. The largest absolute Gasteiger partial charge is 0.365 e. The highest BCUT2D eigenvalue weighted by atomic mass is 32.1. The van der Waals surface area contributed by atoms with Gasteiger partial charge < -0.3 is 11.1 Å². The summed E-state index contributed by atoms with van der Waals surface area (Å²) < 4.78 is 0. The van der Waals surface area contributed by atoms with Gasteiger partial charge in [0.25, 0.3) is 5.91 Å². The highest BCUT2D eigenvalue weighted by Crippen LogP contribution is 2.45. The zero-order chi connectivity index (χ0) is 18.8. The lowest BCUT2D eigenvalue weighted by molar-refractivity contribution is -0.120. The number of anilines is 1. The highest BCUT2D eigenvalue weighted by Gasteiger charge is 2.35. The summed E-state index contributed by atoms with van der Waals surface area (Å²) in [4.78, 5) is 25.8. The molecule has 1 aromatic heterocycles. The van der Waals surface area contributed by atoms with Crippen LogP contribution in [0.5, 0.6) is 0 Å². The van der Waals surface area contributed by atoms with E-state index in [0.717, 1.165) is 44.1 Å². The van der Waals surface area contributed by atoms with Gasteiger partial charge in [-0.05, 0) is 49.0 Å². The minimum absolute atomic E-state index is 0.00321. The Morgan fingerprint density at radius 2 is 1.92 bits per heavy atom. The molecule has 0 aliphatic heterocycles. The quantitative estimate of drug-likeness (QED) is 0.732. The van der Waals surface area contributed by atoms with Crippen molar-refractivity contribution in [3.05, 3.63) is 16.0 Å². The average molecular weight is 365 g/mol. The van der Waals surface area contributed by atoms with E-state index in [2.05, 4.69) is 26.1 Å². The van der Waals surface area contributed by atoms with Crippen LogP contribution in [0, 0.1) is 17.3 Å². The number of rotatable bonds is 7. The van der Waals surface area contributed by atoms with Crippen LogP contribution in [0.2, 0.25) is 0 Å². The Hall–Kier alpha value is -1.36. The van der Waals surface area contributed by atoms with Gasteiger partial charge in [-0.25, -0.2) is 0 Å². The first-order valence-electron chi connectivity index (χ1n) is 9.50. The van der Waals surface area contributed by atoms with Crippen LogP contribution in [0.4, 0.5) is 5.00 Å². The normalized spacial score (nSPS) is 17.4. The molecule has 1 aromatic rings. The number of nitrogens with one attached hydrogen (secondary N) is 1. The molecule has 0 saturated heterocycles. The number of fused-ring (bicyclic) bond motifs is 1. The second-order valence-corrected chi connectivity index (χ2v) is 8.96. The average Bonchev–Trinajstić information content (AvgIpc) is 2.92. The van der Waals surface area contributed by atoms with Crippen LogP contribution >= 0.6 is 11.3 Å². The van der Waals surface area contributed by atoms with E-state index in [9.17, 15) is 9.59 Å². The van der Waals surface area contributed by atoms with Crippen LogP contribution in [-0.4, -0.2) is 11.8 Å². The maximum absolute atomic E-state index is 12.5. The Balaban J connectivity index is 2.32. The van der Waals surface area contributed by atoms with Crippen molar-refractivity contribution >= 4 is 28.2 Å². The predicted octanol–water partition coefficient (Wildman–Crippen LogP) is 4.76. The fourth-order valence-electron chi connectivity index (χ4n) is 3.76. The van der Waals surface area contributed by atoms with E-state index in [0.29, 0.717) is 16.5 Å². The summed E-state index contributed by atoms with van der Waals surface area (Å²) in [5.74, 6) is 0.153. The molecule has 25 heavy (non-hydrogen) atoms. The summed E-state index contributed by atoms with van der Waals surface area (Å²) in [6, 6.07) is 0. The molecule has 0 saturated carbocycles. The molecule has 1 heterocycles. The van der Waals surface area contributed by atoms with Crippen LogP contribution in [-0.2, 0) is 17.6 Å². The number of nitrogens with two attached hydrogens (primary N) is 1. The van der Waals surface area contributed by atoms with Gasteiger partial charge in [-0.3, -0.25) is 9.59 Å². The molecule has 0 spiro atoms. The van der Waals surface area contributed by atoms with Crippen molar-refractivity contribution in [2.45, 2.75) is 73.1 Å². The zero-order valence-electron chi connectivity index (χ0n) is 16.2. The van der Waals surface area contributed by atoms with Gasteiger partial charge in [0.05, 0.1) is 5.56 Å². The molecule has 0 aromatic carbocycles. The molecule has 2 amide bonds. The van der Waals surface area contributed by atoms with Gasteiger partial charge in [0.15, 0.2) is 0 Å². The Morgan fingerprint density at radius 3 is 2.44 bits per heavy atom. The van der Waals surface area contributed by atoms with E-state index in [1.165, 1.54) is 4.88 Å². The Bertz CT molecular complexity index is 644. The summed E-state index contributed by atoms with van der Waals surface area (Å²) in [7, 11) is 0. The fourth-order valence-corrected chi connectivity index (χ4v) is 5.10. The van der Waals surface area contributed by atoms with Crippen molar-refractivity contribution in [2.24, 2.45) is 23.0 Å². The van der Waals surface area contributed by atoms with Gasteiger partial charge in [0.2, 0.25) is 5.91 Å². The Morgan fingerprint density at radius 1 is 1.28 bits per heavy atom. The SMILES string of the molecule is CCC(CC)C(=O)Nc1sc2c(c1C(N)=O)CC[C@H](C(C)(C)CC)C2. The summed E-state index contributed by atoms with van der Waals surface area (Å²) in [5, 5.41) is 3.65. The van der Waals surface area contributed by atoms with E-state index in [4.69, 9.17) is 5.73 Å². The zero-order valence-corrected chi connectivity index (χ0v) is 17.0. The minimum atomic E-state index is -0.425. The molecule has 2 rings (SSSR count). The molecule has 5 heteroatoms. The number of amides is 2. The predicted molar refractivity (Wildman–Crippen MR) is 105 cm³/mol. The number of hydrogen-bond donors (Lipinski definition) is 2. The standard InChI is InChI=1S/C20H32N2O2S/c1-6-12(7-2)18(24)22-19-16(17(21)23)14-10-9-13(11-15(14)25-19)20(4,5)8-3/h12-13H,6-11H2,1-5H3,(H2,21,23)(H,22,24)/t13-/m0/s1. The molecular formula is C20H32N2O2S. The van der Waals surface area contributed by atoms with Crippen molar-refractivity contribution < 1.29 is 9.59 Å². The van der Waals surface area contributed by atoms with Crippen molar-refractivity contribution in [1.29, 1.82) is 0 Å². The van der Waals surface area contributed by atoms with Gasteiger partial charge >= 0.3 is 0 Å². The van der Waals surface area contributed by atoms with E-state index in [-0.39, 0.29) is 17.2 Å². The Labute approximate surface area is 155 Å². The molecule has 1 aliphatic carbocycles. The second kappa shape index (κ2) is 7.90. The number of hydrogen-bond acceptors (Lipinski definition) is 3. The van der Waals surface area contributed by atoms with Gasteiger partial charge in [0, 0.05) is 10.8 Å². The van der Waals surface area contributed by atoms with E-state index >= 15 is 0 Å². The van der Waals surface area contributed by atoms with Crippen molar-refractivity contribution in [1.82, 2.24) is 0 Å². The van der Waals surface area contributed by atoms with E-state index < -0.39 is 5.91 Å². The third-order valence-corrected chi connectivity index (χ3v) is 7.29. The lowest BCUT2D eigenvalue weighted by atomic mass is 9.69. The molecule has 0 bridgehead atoms. The smallest absolute Gasteiger partial charge is 0.251 e.